The van der Waals surface area contributed by atoms with Crippen LogP contribution in [0.4, 0.5) is 5.69 Å². The first-order valence-corrected chi connectivity index (χ1v) is 8.10. The Morgan fingerprint density at radius 2 is 2.00 bits per heavy atom. The maximum absolute atomic E-state index is 10.7. The molecule has 106 valence electrons. The van der Waals surface area contributed by atoms with E-state index in [0.717, 1.165) is 40.3 Å². The molecule has 3 aliphatic carbocycles. The number of benzene rings is 1. The molecule has 3 fully saturated rings. The van der Waals surface area contributed by atoms with E-state index < -0.39 is 0 Å². The minimum Gasteiger partial charge on any atom is -0.309 e. The number of rotatable bonds is 4. The van der Waals surface area contributed by atoms with Gasteiger partial charge >= 0.3 is 0 Å². The van der Waals surface area contributed by atoms with Gasteiger partial charge in [-0.05, 0) is 54.6 Å². The Balaban J connectivity index is 1.40. The second-order valence-corrected chi connectivity index (χ2v) is 7.28. The summed E-state index contributed by atoms with van der Waals surface area (Å²) in [5.74, 6) is 3.79. The maximum atomic E-state index is 10.7. The third-order valence-corrected chi connectivity index (χ3v) is 6.25. The Kier molecular flexibility index (Phi) is 2.89. The smallest absolute Gasteiger partial charge is 0.270 e. The summed E-state index contributed by atoms with van der Waals surface area (Å²) in [6.45, 7) is 0.801. The Morgan fingerprint density at radius 1 is 1.30 bits per heavy atom. The van der Waals surface area contributed by atoms with Crippen LogP contribution < -0.4 is 5.32 Å². The molecular formula is C15H17BrN2O2. The number of nitro benzene ring substituents is 1. The monoisotopic (exact) mass is 336 g/mol. The fourth-order valence-electron chi connectivity index (χ4n) is 4.62. The molecule has 0 saturated heterocycles. The number of nitrogens with zero attached hydrogens (tertiary/aromatic N) is 1. The Morgan fingerprint density at radius 3 is 2.60 bits per heavy atom. The lowest BCUT2D eigenvalue weighted by Gasteiger charge is -2.11. The van der Waals surface area contributed by atoms with Crippen LogP contribution in [-0.2, 0) is 6.54 Å². The molecule has 0 amide bonds. The molecule has 0 spiro atoms. The zero-order valence-electron chi connectivity index (χ0n) is 11.1. The molecule has 5 heteroatoms. The zero-order valence-corrected chi connectivity index (χ0v) is 12.7. The minimum atomic E-state index is -0.356. The molecular weight excluding hydrogens is 320 g/mol. The van der Waals surface area contributed by atoms with Crippen LogP contribution in [0.3, 0.4) is 0 Å². The Labute approximate surface area is 126 Å². The lowest BCUT2D eigenvalue weighted by molar-refractivity contribution is -0.384. The van der Waals surface area contributed by atoms with Gasteiger partial charge in [-0.25, -0.2) is 0 Å². The SMILES string of the molecule is O=[N+]([O-])c1ccc(CNC2C3C4CCC(C4)C23)c(Br)c1. The lowest BCUT2D eigenvalue weighted by atomic mass is 10.0. The second kappa shape index (κ2) is 4.53. The van der Waals surface area contributed by atoms with Gasteiger partial charge in [-0.3, -0.25) is 10.1 Å². The lowest BCUT2D eigenvalue weighted by Crippen LogP contribution is -2.22. The van der Waals surface area contributed by atoms with E-state index in [4.69, 9.17) is 0 Å². The Bertz CT molecular complexity index is 561. The van der Waals surface area contributed by atoms with E-state index in [1.54, 1.807) is 12.1 Å². The fraction of sp³-hybridized carbons (Fsp3) is 0.600. The molecule has 4 nitrogen and oxygen atoms in total. The number of halogens is 1. The van der Waals surface area contributed by atoms with Gasteiger partial charge in [-0.2, -0.15) is 0 Å². The molecule has 4 unspecified atom stereocenters. The highest BCUT2D eigenvalue weighted by Crippen LogP contribution is 2.65. The van der Waals surface area contributed by atoms with Gasteiger partial charge in [0.25, 0.3) is 5.69 Å². The quantitative estimate of drug-likeness (QED) is 0.676. The van der Waals surface area contributed by atoms with Gasteiger partial charge in [-0.15, -0.1) is 0 Å². The van der Waals surface area contributed by atoms with Crippen molar-refractivity contribution in [3.8, 4) is 0 Å². The normalized spacial score (nSPS) is 37.0. The summed E-state index contributed by atoms with van der Waals surface area (Å²) in [4.78, 5) is 10.4. The summed E-state index contributed by atoms with van der Waals surface area (Å²) in [5.41, 5.74) is 1.25. The van der Waals surface area contributed by atoms with Gasteiger partial charge in [0.05, 0.1) is 4.92 Å². The van der Waals surface area contributed by atoms with Crippen molar-refractivity contribution in [1.82, 2.24) is 5.32 Å². The van der Waals surface area contributed by atoms with E-state index in [2.05, 4.69) is 21.2 Å². The third-order valence-electron chi connectivity index (χ3n) is 5.51. The van der Waals surface area contributed by atoms with Gasteiger partial charge in [0.1, 0.15) is 0 Å². The van der Waals surface area contributed by atoms with Gasteiger partial charge in [0.15, 0.2) is 0 Å². The van der Waals surface area contributed by atoms with Gasteiger partial charge in [0.2, 0.25) is 0 Å². The highest BCUT2D eigenvalue weighted by atomic mass is 79.9. The summed E-state index contributed by atoms with van der Waals surface area (Å²) in [6, 6.07) is 5.72. The van der Waals surface area contributed by atoms with Crippen LogP contribution in [0.5, 0.6) is 0 Å². The number of fused-ring (bicyclic) bond motifs is 5. The number of hydrogen-bond donors (Lipinski definition) is 1. The topological polar surface area (TPSA) is 55.2 Å². The van der Waals surface area contributed by atoms with E-state index in [9.17, 15) is 10.1 Å². The average Bonchev–Trinajstić information content (AvgIpc) is 2.81. The molecule has 20 heavy (non-hydrogen) atoms. The van der Waals surface area contributed by atoms with Crippen molar-refractivity contribution in [2.45, 2.75) is 31.8 Å². The molecule has 4 rings (SSSR count). The third kappa shape index (κ3) is 1.91. The molecule has 1 N–H and O–H groups in total. The molecule has 0 aliphatic heterocycles. The maximum Gasteiger partial charge on any atom is 0.270 e. The molecule has 2 bridgehead atoms. The van der Waals surface area contributed by atoms with E-state index in [-0.39, 0.29) is 10.6 Å². The van der Waals surface area contributed by atoms with Crippen LogP contribution in [0, 0.1) is 33.8 Å². The minimum absolute atomic E-state index is 0.141. The van der Waals surface area contributed by atoms with Crippen LogP contribution >= 0.6 is 15.9 Å². The number of non-ortho nitro benzene ring substituents is 1. The zero-order chi connectivity index (χ0) is 13.9. The van der Waals surface area contributed by atoms with Crippen LogP contribution in [0.15, 0.2) is 22.7 Å². The highest BCUT2D eigenvalue weighted by molar-refractivity contribution is 9.10. The number of nitro groups is 1. The molecule has 1 aromatic carbocycles. The average molecular weight is 337 g/mol. The van der Waals surface area contributed by atoms with Gasteiger partial charge < -0.3 is 5.32 Å². The van der Waals surface area contributed by atoms with Crippen LogP contribution in [0.25, 0.3) is 0 Å². The van der Waals surface area contributed by atoms with Gasteiger partial charge in [0, 0.05) is 29.2 Å². The fourth-order valence-corrected chi connectivity index (χ4v) is 5.13. The van der Waals surface area contributed by atoms with Gasteiger partial charge in [-0.1, -0.05) is 15.9 Å². The van der Waals surface area contributed by atoms with Crippen LogP contribution in [0.1, 0.15) is 24.8 Å². The molecule has 3 saturated carbocycles. The standard InChI is InChI=1S/C15H17BrN2O2/c16-12-6-11(18(19)20)4-3-10(12)7-17-15-13-8-1-2-9(5-8)14(13)15/h3-4,6,8-9,13-15,17H,1-2,5,7H2. The largest absolute Gasteiger partial charge is 0.309 e. The van der Waals surface area contributed by atoms with Crippen molar-refractivity contribution in [3.63, 3.8) is 0 Å². The van der Waals surface area contributed by atoms with E-state index in [1.807, 2.05) is 6.07 Å². The van der Waals surface area contributed by atoms with Crippen molar-refractivity contribution >= 4 is 21.6 Å². The van der Waals surface area contributed by atoms with Crippen molar-refractivity contribution in [2.24, 2.45) is 23.7 Å². The molecule has 0 heterocycles. The second-order valence-electron chi connectivity index (χ2n) is 6.43. The van der Waals surface area contributed by atoms with E-state index >= 15 is 0 Å². The Hall–Kier alpha value is -0.940. The predicted octanol–water partition coefficient (Wildman–Crippen LogP) is 3.49. The van der Waals surface area contributed by atoms with Crippen molar-refractivity contribution in [1.29, 1.82) is 0 Å². The van der Waals surface area contributed by atoms with Crippen LogP contribution in [-0.4, -0.2) is 11.0 Å². The summed E-state index contributed by atoms with van der Waals surface area (Å²) in [6.07, 6.45) is 4.34. The molecule has 3 aliphatic rings. The molecule has 1 aromatic rings. The summed E-state index contributed by atoms with van der Waals surface area (Å²) in [7, 11) is 0. The van der Waals surface area contributed by atoms with Crippen molar-refractivity contribution in [2.75, 3.05) is 0 Å². The first-order chi connectivity index (χ1) is 9.65. The molecule has 0 radical (unpaired) electrons. The summed E-state index contributed by atoms with van der Waals surface area (Å²) < 4.78 is 0.827. The molecule has 0 aromatic heterocycles. The number of hydrogen-bond acceptors (Lipinski definition) is 3. The van der Waals surface area contributed by atoms with E-state index in [0.29, 0.717) is 6.04 Å². The first-order valence-electron chi connectivity index (χ1n) is 7.31. The van der Waals surface area contributed by atoms with E-state index in [1.165, 1.54) is 19.3 Å². The van der Waals surface area contributed by atoms with Crippen molar-refractivity contribution < 1.29 is 4.92 Å². The van der Waals surface area contributed by atoms with Crippen molar-refractivity contribution in [3.05, 3.63) is 38.3 Å². The molecule has 4 atom stereocenters. The number of nitrogens with one attached hydrogen (secondary N) is 1. The van der Waals surface area contributed by atoms with Crippen LogP contribution in [0.2, 0.25) is 0 Å². The summed E-state index contributed by atoms with van der Waals surface area (Å²) in [5, 5.41) is 14.4. The highest BCUT2D eigenvalue weighted by Gasteiger charge is 2.64. The predicted molar refractivity (Wildman–Crippen MR) is 79.2 cm³/mol. The first kappa shape index (κ1) is 12.8. The summed E-state index contributed by atoms with van der Waals surface area (Å²) >= 11 is 3.44.